The fourth-order valence-electron chi connectivity index (χ4n) is 2.13. The first-order valence-electron chi connectivity index (χ1n) is 6.27. The van der Waals surface area contributed by atoms with E-state index in [-0.39, 0.29) is 24.0 Å². The standard InChI is InChI=1S/C14H20N2O2.ClH/c1-14(8-9-15-11-14)16(2)13(17)18-10-12-6-4-3-5-7-12;/h3-7,15H,8-11H2,1-2H3;1H. The summed E-state index contributed by atoms with van der Waals surface area (Å²) in [5.74, 6) is 0. The normalized spacial score (nSPS) is 21.6. The molecule has 1 aromatic carbocycles. The number of hydrogen-bond donors (Lipinski definition) is 1. The van der Waals surface area contributed by atoms with E-state index in [0.717, 1.165) is 25.1 Å². The van der Waals surface area contributed by atoms with Crippen LogP contribution in [-0.4, -0.2) is 36.7 Å². The maximum absolute atomic E-state index is 12.0. The molecule has 1 saturated heterocycles. The average Bonchev–Trinajstić information content (AvgIpc) is 2.84. The molecule has 4 nitrogen and oxygen atoms in total. The van der Waals surface area contributed by atoms with Gasteiger partial charge in [0.2, 0.25) is 0 Å². The molecule has 1 amide bonds. The number of benzene rings is 1. The number of likely N-dealkylation sites (N-methyl/N-ethyl adjacent to an activating group) is 1. The minimum absolute atomic E-state index is 0. The Morgan fingerprint density at radius 1 is 1.42 bits per heavy atom. The molecule has 0 radical (unpaired) electrons. The molecule has 0 bridgehead atoms. The molecule has 0 saturated carbocycles. The number of nitrogens with zero attached hydrogens (tertiary/aromatic N) is 1. The van der Waals surface area contributed by atoms with Gasteiger partial charge in [0.1, 0.15) is 6.61 Å². The third-order valence-electron chi connectivity index (χ3n) is 3.63. The van der Waals surface area contributed by atoms with Gasteiger partial charge in [-0.3, -0.25) is 0 Å². The van der Waals surface area contributed by atoms with Crippen molar-refractivity contribution in [3.8, 4) is 0 Å². The smallest absolute Gasteiger partial charge is 0.410 e. The van der Waals surface area contributed by atoms with Gasteiger partial charge in [0.05, 0.1) is 5.54 Å². The summed E-state index contributed by atoms with van der Waals surface area (Å²) < 4.78 is 5.33. The molecule has 1 heterocycles. The monoisotopic (exact) mass is 284 g/mol. The quantitative estimate of drug-likeness (QED) is 0.927. The van der Waals surface area contributed by atoms with E-state index < -0.39 is 0 Å². The first-order chi connectivity index (χ1) is 8.62. The number of halogens is 1. The molecule has 1 aromatic rings. The summed E-state index contributed by atoms with van der Waals surface area (Å²) in [5.41, 5.74) is 0.877. The molecule has 1 fully saturated rings. The molecule has 1 atom stereocenters. The Balaban J connectivity index is 0.00000180. The van der Waals surface area contributed by atoms with Crippen molar-refractivity contribution in [2.75, 3.05) is 20.1 Å². The van der Waals surface area contributed by atoms with Crippen molar-refractivity contribution in [2.45, 2.75) is 25.5 Å². The summed E-state index contributed by atoms with van der Waals surface area (Å²) in [4.78, 5) is 13.7. The Labute approximate surface area is 120 Å². The van der Waals surface area contributed by atoms with Gasteiger partial charge in [0.15, 0.2) is 0 Å². The zero-order chi connectivity index (χ0) is 13.0. The van der Waals surface area contributed by atoms with Gasteiger partial charge in [-0.1, -0.05) is 30.3 Å². The van der Waals surface area contributed by atoms with Crippen LogP contribution in [0.4, 0.5) is 4.79 Å². The number of nitrogens with one attached hydrogen (secondary N) is 1. The highest BCUT2D eigenvalue weighted by Gasteiger charge is 2.36. The van der Waals surface area contributed by atoms with E-state index in [9.17, 15) is 4.79 Å². The summed E-state index contributed by atoms with van der Waals surface area (Å²) >= 11 is 0. The van der Waals surface area contributed by atoms with E-state index in [1.54, 1.807) is 11.9 Å². The first kappa shape index (κ1) is 15.8. The second kappa shape index (κ2) is 6.78. The first-order valence-corrected chi connectivity index (χ1v) is 6.27. The minimum Gasteiger partial charge on any atom is -0.445 e. The number of carbonyl (C=O) groups is 1. The fourth-order valence-corrected chi connectivity index (χ4v) is 2.13. The molecule has 1 N–H and O–H groups in total. The molecule has 1 unspecified atom stereocenters. The van der Waals surface area contributed by atoms with Crippen LogP contribution in [0.2, 0.25) is 0 Å². The molecule has 0 aliphatic carbocycles. The van der Waals surface area contributed by atoms with Gasteiger partial charge in [-0.05, 0) is 25.5 Å². The summed E-state index contributed by atoms with van der Waals surface area (Å²) in [6.45, 7) is 4.18. The van der Waals surface area contributed by atoms with E-state index >= 15 is 0 Å². The van der Waals surface area contributed by atoms with Crippen LogP contribution in [0.15, 0.2) is 30.3 Å². The van der Waals surface area contributed by atoms with Crippen molar-refractivity contribution in [3.63, 3.8) is 0 Å². The highest BCUT2D eigenvalue weighted by molar-refractivity contribution is 5.85. The van der Waals surface area contributed by atoms with Crippen LogP contribution in [0.3, 0.4) is 0 Å². The molecular formula is C14H21ClN2O2. The maximum Gasteiger partial charge on any atom is 0.410 e. The molecule has 2 rings (SSSR count). The lowest BCUT2D eigenvalue weighted by molar-refractivity contribution is 0.0709. The van der Waals surface area contributed by atoms with Crippen LogP contribution in [0.25, 0.3) is 0 Å². The van der Waals surface area contributed by atoms with E-state index in [1.807, 2.05) is 30.3 Å². The van der Waals surface area contributed by atoms with Crippen molar-refractivity contribution in [1.82, 2.24) is 10.2 Å². The van der Waals surface area contributed by atoms with Crippen molar-refractivity contribution >= 4 is 18.5 Å². The lowest BCUT2D eigenvalue weighted by Crippen LogP contribution is -2.48. The van der Waals surface area contributed by atoms with Gasteiger partial charge in [0, 0.05) is 13.6 Å². The molecule has 5 heteroatoms. The lowest BCUT2D eigenvalue weighted by atomic mass is 10.0. The van der Waals surface area contributed by atoms with Gasteiger partial charge < -0.3 is 15.0 Å². The zero-order valence-corrected chi connectivity index (χ0v) is 12.2. The van der Waals surface area contributed by atoms with Gasteiger partial charge in [-0.25, -0.2) is 4.79 Å². The maximum atomic E-state index is 12.0. The Bertz CT molecular complexity index is 405. The molecule has 1 aliphatic rings. The van der Waals surface area contributed by atoms with Crippen LogP contribution in [-0.2, 0) is 11.3 Å². The summed E-state index contributed by atoms with van der Waals surface area (Å²) in [5, 5.41) is 3.27. The number of ether oxygens (including phenoxy) is 1. The highest BCUT2D eigenvalue weighted by Crippen LogP contribution is 2.21. The largest absolute Gasteiger partial charge is 0.445 e. The van der Waals surface area contributed by atoms with E-state index in [2.05, 4.69) is 12.2 Å². The Hall–Kier alpha value is -1.26. The molecule has 0 aromatic heterocycles. The SMILES string of the molecule is CN(C(=O)OCc1ccccc1)C1(C)CCNC1.Cl. The molecule has 106 valence electrons. The van der Waals surface area contributed by atoms with Crippen LogP contribution in [0.1, 0.15) is 18.9 Å². The number of carbonyl (C=O) groups excluding carboxylic acids is 1. The minimum atomic E-state index is -0.259. The van der Waals surface area contributed by atoms with Crippen molar-refractivity contribution in [2.24, 2.45) is 0 Å². The summed E-state index contributed by atoms with van der Waals surface area (Å²) in [6.07, 6.45) is 0.703. The number of hydrogen-bond acceptors (Lipinski definition) is 3. The van der Waals surface area contributed by atoms with Crippen LogP contribution >= 0.6 is 12.4 Å². The Morgan fingerprint density at radius 2 is 2.11 bits per heavy atom. The molecular weight excluding hydrogens is 264 g/mol. The summed E-state index contributed by atoms with van der Waals surface area (Å²) in [6, 6.07) is 9.73. The van der Waals surface area contributed by atoms with Gasteiger partial charge in [-0.15, -0.1) is 12.4 Å². The van der Waals surface area contributed by atoms with Crippen molar-refractivity contribution in [1.29, 1.82) is 0 Å². The highest BCUT2D eigenvalue weighted by atomic mass is 35.5. The Morgan fingerprint density at radius 3 is 2.68 bits per heavy atom. The van der Waals surface area contributed by atoms with Gasteiger partial charge in [-0.2, -0.15) is 0 Å². The van der Waals surface area contributed by atoms with Crippen molar-refractivity contribution < 1.29 is 9.53 Å². The predicted molar refractivity (Wildman–Crippen MR) is 77.5 cm³/mol. The lowest BCUT2D eigenvalue weighted by Gasteiger charge is -2.33. The van der Waals surface area contributed by atoms with Crippen LogP contribution in [0, 0.1) is 0 Å². The second-order valence-corrected chi connectivity index (χ2v) is 5.02. The molecule has 0 spiro atoms. The topological polar surface area (TPSA) is 41.6 Å². The third-order valence-corrected chi connectivity index (χ3v) is 3.63. The van der Waals surface area contributed by atoms with Gasteiger partial charge >= 0.3 is 6.09 Å². The third kappa shape index (κ3) is 3.85. The fraction of sp³-hybridized carbons (Fsp3) is 0.500. The zero-order valence-electron chi connectivity index (χ0n) is 11.4. The van der Waals surface area contributed by atoms with Crippen molar-refractivity contribution in [3.05, 3.63) is 35.9 Å². The van der Waals surface area contributed by atoms with E-state index in [1.165, 1.54) is 0 Å². The average molecular weight is 285 g/mol. The van der Waals surface area contributed by atoms with E-state index in [0.29, 0.717) is 6.61 Å². The Kier molecular flexibility index (Phi) is 5.63. The number of amides is 1. The van der Waals surface area contributed by atoms with Gasteiger partial charge in [0.25, 0.3) is 0 Å². The predicted octanol–water partition coefficient (Wildman–Crippen LogP) is 2.43. The molecule has 19 heavy (non-hydrogen) atoms. The van der Waals surface area contributed by atoms with E-state index in [4.69, 9.17) is 4.74 Å². The molecule has 1 aliphatic heterocycles. The summed E-state index contributed by atoms with van der Waals surface area (Å²) in [7, 11) is 1.81. The second-order valence-electron chi connectivity index (χ2n) is 5.02. The number of rotatable bonds is 3. The van der Waals surface area contributed by atoms with Crippen LogP contribution in [0.5, 0.6) is 0 Å². The van der Waals surface area contributed by atoms with Crippen LogP contribution < -0.4 is 5.32 Å².